The number of nitrogens with zero attached hydrogens (tertiary/aromatic N) is 2. The molecule has 2 heterocycles. The Balaban J connectivity index is 1.54. The minimum atomic E-state index is -0.458. The molecular weight excluding hydrogens is 368 g/mol. The second-order valence-corrected chi connectivity index (χ2v) is 6.28. The third-order valence-corrected chi connectivity index (χ3v) is 4.35. The maximum Gasteiger partial charge on any atom is 0.348 e. The highest BCUT2D eigenvalue weighted by Gasteiger charge is 2.06. The average molecular weight is 386 g/mol. The fourth-order valence-electron chi connectivity index (χ4n) is 2.91. The standard InChI is InChI=1S/C21H18N6O2/c1-22-20(28)25-16-10-6-14(7-11-16)13-4-8-15(9-5-13)24-19-17-3-2-12-23-18(17)26-21(29)27-19/h2-12H,1H3,(H2,22,25,28)(H2,23,24,26,27,29). The van der Waals surface area contributed by atoms with Gasteiger partial charge in [0.05, 0.1) is 5.39 Å². The lowest BCUT2D eigenvalue weighted by molar-refractivity contribution is 0.254. The Hall–Kier alpha value is -4.20. The molecule has 144 valence electrons. The number of aromatic amines is 1. The van der Waals surface area contributed by atoms with E-state index in [1.54, 1.807) is 19.3 Å². The number of carbonyl (C=O) groups excluding carboxylic acids is 1. The van der Waals surface area contributed by atoms with Crippen LogP contribution in [0.3, 0.4) is 0 Å². The van der Waals surface area contributed by atoms with Crippen molar-refractivity contribution in [2.24, 2.45) is 0 Å². The van der Waals surface area contributed by atoms with Gasteiger partial charge in [-0.2, -0.15) is 4.98 Å². The number of H-pyrrole nitrogens is 1. The van der Waals surface area contributed by atoms with Crippen LogP contribution in [0.15, 0.2) is 71.7 Å². The van der Waals surface area contributed by atoms with Gasteiger partial charge in [-0.25, -0.2) is 14.6 Å². The van der Waals surface area contributed by atoms with Gasteiger partial charge in [-0.15, -0.1) is 0 Å². The molecule has 8 heteroatoms. The van der Waals surface area contributed by atoms with Gasteiger partial charge in [0.25, 0.3) is 0 Å². The normalized spacial score (nSPS) is 10.5. The number of fused-ring (bicyclic) bond motifs is 1. The van der Waals surface area contributed by atoms with Crippen LogP contribution >= 0.6 is 0 Å². The minimum absolute atomic E-state index is 0.259. The molecule has 2 aromatic heterocycles. The van der Waals surface area contributed by atoms with E-state index in [-0.39, 0.29) is 6.03 Å². The molecule has 0 bridgehead atoms. The molecular formula is C21H18N6O2. The zero-order valence-corrected chi connectivity index (χ0v) is 15.6. The van der Waals surface area contributed by atoms with Crippen molar-refractivity contribution in [2.45, 2.75) is 0 Å². The van der Waals surface area contributed by atoms with E-state index in [0.29, 0.717) is 17.2 Å². The summed E-state index contributed by atoms with van der Waals surface area (Å²) < 4.78 is 0. The highest BCUT2D eigenvalue weighted by atomic mass is 16.2. The van der Waals surface area contributed by atoms with E-state index in [4.69, 9.17) is 0 Å². The number of hydrogen-bond donors (Lipinski definition) is 4. The van der Waals surface area contributed by atoms with E-state index >= 15 is 0 Å². The molecule has 4 rings (SSSR count). The van der Waals surface area contributed by atoms with Gasteiger partial charge < -0.3 is 16.0 Å². The van der Waals surface area contributed by atoms with Crippen molar-refractivity contribution in [1.29, 1.82) is 0 Å². The molecule has 0 radical (unpaired) electrons. The Bertz CT molecular complexity index is 1220. The number of rotatable bonds is 4. The van der Waals surface area contributed by atoms with Crippen molar-refractivity contribution in [2.75, 3.05) is 17.7 Å². The second-order valence-electron chi connectivity index (χ2n) is 6.28. The minimum Gasteiger partial charge on any atom is -0.341 e. The van der Waals surface area contributed by atoms with Crippen LogP contribution in [0.25, 0.3) is 22.2 Å². The van der Waals surface area contributed by atoms with Gasteiger partial charge in [-0.05, 0) is 47.5 Å². The molecule has 0 aliphatic carbocycles. The number of hydrogen-bond acceptors (Lipinski definition) is 5. The summed E-state index contributed by atoms with van der Waals surface area (Å²) in [5, 5.41) is 9.19. The summed E-state index contributed by atoms with van der Waals surface area (Å²) in [5.41, 5.74) is 3.51. The van der Waals surface area contributed by atoms with Gasteiger partial charge in [0.1, 0.15) is 5.82 Å². The lowest BCUT2D eigenvalue weighted by Gasteiger charge is -2.10. The molecule has 2 amide bonds. The van der Waals surface area contributed by atoms with Crippen molar-refractivity contribution in [1.82, 2.24) is 20.3 Å². The molecule has 0 atom stereocenters. The first-order chi connectivity index (χ1) is 14.1. The number of nitrogens with one attached hydrogen (secondary N) is 4. The largest absolute Gasteiger partial charge is 0.348 e. The van der Waals surface area contributed by atoms with Crippen LogP contribution in [0, 0.1) is 0 Å². The molecule has 0 fully saturated rings. The second kappa shape index (κ2) is 7.81. The summed E-state index contributed by atoms with van der Waals surface area (Å²) >= 11 is 0. The van der Waals surface area contributed by atoms with Crippen LogP contribution < -0.4 is 21.6 Å². The number of benzene rings is 2. The van der Waals surface area contributed by atoms with E-state index in [9.17, 15) is 9.59 Å². The molecule has 2 aromatic carbocycles. The van der Waals surface area contributed by atoms with E-state index in [1.165, 1.54) is 0 Å². The number of amides is 2. The Morgan fingerprint density at radius 3 is 2.24 bits per heavy atom. The van der Waals surface area contributed by atoms with E-state index in [1.807, 2.05) is 54.6 Å². The van der Waals surface area contributed by atoms with Crippen molar-refractivity contribution in [3.63, 3.8) is 0 Å². The molecule has 0 spiro atoms. The topological polar surface area (TPSA) is 112 Å². The smallest absolute Gasteiger partial charge is 0.341 e. The van der Waals surface area contributed by atoms with Gasteiger partial charge in [-0.3, -0.25) is 4.98 Å². The zero-order chi connectivity index (χ0) is 20.2. The van der Waals surface area contributed by atoms with Gasteiger partial charge in [0.2, 0.25) is 0 Å². The predicted octanol–water partition coefficient (Wildman–Crippen LogP) is 3.48. The monoisotopic (exact) mass is 386 g/mol. The number of anilines is 3. The molecule has 0 saturated heterocycles. The zero-order valence-electron chi connectivity index (χ0n) is 15.6. The first kappa shape index (κ1) is 18.2. The molecule has 4 N–H and O–H groups in total. The summed E-state index contributed by atoms with van der Waals surface area (Å²) in [7, 11) is 1.57. The fourth-order valence-corrected chi connectivity index (χ4v) is 2.91. The Kier molecular flexibility index (Phi) is 4.90. The van der Waals surface area contributed by atoms with E-state index < -0.39 is 5.69 Å². The lowest BCUT2D eigenvalue weighted by atomic mass is 10.0. The third-order valence-electron chi connectivity index (χ3n) is 4.35. The first-order valence-electron chi connectivity index (χ1n) is 8.94. The number of carbonyl (C=O) groups is 1. The first-order valence-corrected chi connectivity index (χ1v) is 8.94. The SMILES string of the molecule is CNC(=O)Nc1ccc(-c2ccc(Nc3[nH]c(=O)nc4ncccc34)cc2)cc1. The number of urea groups is 1. The molecule has 4 aromatic rings. The molecule has 0 saturated carbocycles. The van der Waals surface area contributed by atoms with Crippen LogP contribution in [0.5, 0.6) is 0 Å². The maximum atomic E-state index is 11.8. The Morgan fingerprint density at radius 2 is 1.59 bits per heavy atom. The number of aromatic nitrogens is 3. The summed E-state index contributed by atoms with van der Waals surface area (Å²) in [6.45, 7) is 0. The quantitative estimate of drug-likeness (QED) is 0.429. The maximum absolute atomic E-state index is 11.8. The van der Waals surface area contributed by atoms with Crippen molar-refractivity contribution < 1.29 is 4.79 Å². The van der Waals surface area contributed by atoms with Gasteiger partial charge in [0, 0.05) is 24.6 Å². The average Bonchev–Trinajstić information content (AvgIpc) is 2.75. The predicted molar refractivity (Wildman–Crippen MR) is 113 cm³/mol. The van der Waals surface area contributed by atoms with Crippen LogP contribution in [0.1, 0.15) is 0 Å². The summed E-state index contributed by atoms with van der Waals surface area (Å²) in [4.78, 5) is 33.8. The van der Waals surface area contributed by atoms with E-state index in [2.05, 4.69) is 30.9 Å². The Morgan fingerprint density at radius 1 is 0.931 bits per heavy atom. The van der Waals surface area contributed by atoms with E-state index in [0.717, 1.165) is 22.2 Å². The van der Waals surface area contributed by atoms with Crippen molar-refractivity contribution in [3.05, 3.63) is 77.3 Å². The van der Waals surface area contributed by atoms with Gasteiger partial charge in [-0.1, -0.05) is 24.3 Å². The highest BCUT2D eigenvalue weighted by Crippen LogP contribution is 2.25. The summed E-state index contributed by atoms with van der Waals surface area (Å²) in [6.07, 6.45) is 1.60. The molecule has 0 aliphatic rings. The van der Waals surface area contributed by atoms with Crippen LogP contribution in [0.2, 0.25) is 0 Å². The summed E-state index contributed by atoms with van der Waals surface area (Å²) in [5.74, 6) is 0.547. The van der Waals surface area contributed by atoms with Crippen molar-refractivity contribution in [3.8, 4) is 11.1 Å². The van der Waals surface area contributed by atoms with Crippen LogP contribution in [-0.2, 0) is 0 Å². The molecule has 29 heavy (non-hydrogen) atoms. The highest BCUT2D eigenvalue weighted by molar-refractivity contribution is 5.89. The van der Waals surface area contributed by atoms with Gasteiger partial charge >= 0.3 is 11.7 Å². The fraction of sp³-hybridized carbons (Fsp3) is 0.0476. The third kappa shape index (κ3) is 4.06. The molecule has 0 unspecified atom stereocenters. The van der Waals surface area contributed by atoms with Gasteiger partial charge in [0.15, 0.2) is 5.65 Å². The van der Waals surface area contributed by atoms with Crippen LogP contribution in [0.4, 0.5) is 22.0 Å². The van der Waals surface area contributed by atoms with Crippen LogP contribution in [-0.4, -0.2) is 28.0 Å². The lowest BCUT2D eigenvalue weighted by Crippen LogP contribution is -2.24. The summed E-state index contributed by atoms with van der Waals surface area (Å²) in [6, 6.07) is 18.7. The Labute approximate surface area is 166 Å². The molecule has 0 aliphatic heterocycles. The number of pyridine rings is 1. The molecule has 8 nitrogen and oxygen atoms in total. The van der Waals surface area contributed by atoms with Crippen molar-refractivity contribution >= 4 is 34.3 Å².